The zero-order chi connectivity index (χ0) is 21.3. The summed E-state index contributed by atoms with van der Waals surface area (Å²) in [6, 6.07) is 6.85. The Labute approximate surface area is 174 Å². The lowest BCUT2D eigenvalue weighted by Gasteiger charge is -2.19. The fraction of sp³-hybridized carbons (Fsp3) is 0.545. The number of nitrogens with one attached hydrogen (secondary N) is 1. The van der Waals surface area contributed by atoms with Gasteiger partial charge in [0.25, 0.3) is 5.91 Å². The molecule has 2 aliphatic carbocycles. The minimum Gasteiger partial charge on any atom is -0.494 e. The average molecular weight is 414 g/mol. The van der Waals surface area contributed by atoms with Crippen molar-refractivity contribution >= 4 is 29.4 Å². The Bertz CT molecular complexity index is 824. The first-order valence-corrected chi connectivity index (χ1v) is 10.5. The normalized spacial score (nSPS) is 26.6. The molecule has 30 heavy (non-hydrogen) atoms. The van der Waals surface area contributed by atoms with E-state index in [1.54, 1.807) is 24.3 Å². The molecular weight excluding hydrogens is 388 g/mol. The Balaban J connectivity index is 1.20. The first-order chi connectivity index (χ1) is 14.5. The Hall–Kier alpha value is -2.90. The molecule has 4 atom stereocenters. The van der Waals surface area contributed by atoms with Gasteiger partial charge in [-0.15, -0.1) is 0 Å². The van der Waals surface area contributed by atoms with E-state index in [1.807, 2.05) is 6.92 Å². The summed E-state index contributed by atoms with van der Waals surface area (Å²) in [7, 11) is 0. The number of fused-ring (bicyclic) bond motifs is 5. The third-order valence-corrected chi connectivity index (χ3v) is 6.37. The summed E-state index contributed by atoms with van der Waals surface area (Å²) in [5, 5.41) is 2.63. The zero-order valence-corrected chi connectivity index (χ0v) is 17.0. The standard InChI is InChI=1S/C22H26N2O6/c1-2-29-16-7-5-15(6-8-16)23-17(25)12-30-18(26)9-10-24-21(27)19-13-3-4-14(11-13)20(19)22(24)28/h5-8,13-14,19-20H,2-4,9-12H2,1H3,(H,23,25)/t13-,14-,19-,20+/m0/s1. The summed E-state index contributed by atoms with van der Waals surface area (Å²) < 4.78 is 10.3. The number of hydrogen-bond acceptors (Lipinski definition) is 6. The molecule has 0 unspecified atom stereocenters. The van der Waals surface area contributed by atoms with Gasteiger partial charge in [0, 0.05) is 12.2 Å². The second-order valence-electron chi connectivity index (χ2n) is 8.13. The molecule has 3 fully saturated rings. The van der Waals surface area contributed by atoms with Crippen LogP contribution in [0.3, 0.4) is 0 Å². The highest BCUT2D eigenvalue weighted by molar-refractivity contribution is 6.06. The molecule has 3 aliphatic rings. The molecule has 160 valence electrons. The van der Waals surface area contributed by atoms with Crippen molar-refractivity contribution in [1.82, 2.24) is 4.90 Å². The minimum absolute atomic E-state index is 0.0173. The number of rotatable bonds is 8. The molecule has 1 saturated heterocycles. The number of imide groups is 1. The number of benzene rings is 1. The van der Waals surface area contributed by atoms with Crippen LogP contribution in [0.1, 0.15) is 32.6 Å². The van der Waals surface area contributed by atoms with E-state index in [1.165, 1.54) is 4.90 Å². The molecule has 2 saturated carbocycles. The van der Waals surface area contributed by atoms with Gasteiger partial charge in [-0.2, -0.15) is 0 Å². The lowest BCUT2D eigenvalue weighted by molar-refractivity contribution is -0.149. The maximum atomic E-state index is 12.6. The van der Waals surface area contributed by atoms with Gasteiger partial charge in [-0.25, -0.2) is 0 Å². The Morgan fingerprint density at radius 3 is 2.30 bits per heavy atom. The van der Waals surface area contributed by atoms with Crippen molar-refractivity contribution in [3.05, 3.63) is 24.3 Å². The van der Waals surface area contributed by atoms with E-state index in [0.29, 0.717) is 29.9 Å². The van der Waals surface area contributed by atoms with Gasteiger partial charge in [0.15, 0.2) is 6.61 Å². The maximum Gasteiger partial charge on any atom is 0.308 e. The van der Waals surface area contributed by atoms with Gasteiger partial charge in [0.1, 0.15) is 5.75 Å². The molecular formula is C22H26N2O6. The third kappa shape index (κ3) is 3.91. The Morgan fingerprint density at radius 2 is 1.70 bits per heavy atom. The molecule has 8 heteroatoms. The highest BCUT2D eigenvalue weighted by atomic mass is 16.5. The monoisotopic (exact) mass is 414 g/mol. The van der Waals surface area contributed by atoms with E-state index in [0.717, 1.165) is 19.3 Å². The van der Waals surface area contributed by atoms with Crippen LogP contribution in [0.5, 0.6) is 5.75 Å². The van der Waals surface area contributed by atoms with E-state index in [-0.39, 0.29) is 36.6 Å². The van der Waals surface area contributed by atoms with Crippen LogP contribution >= 0.6 is 0 Å². The average Bonchev–Trinajstić information content (AvgIpc) is 3.41. The summed E-state index contributed by atoms with van der Waals surface area (Å²) in [5.74, 6) is -0.398. The third-order valence-electron chi connectivity index (χ3n) is 6.37. The second kappa shape index (κ2) is 8.45. The first kappa shape index (κ1) is 20.4. The van der Waals surface area contributed by atoms with Crippen molar-refractivity contribution in [3.63, 3.8) is 0 Å². The van der Waals surface area contributed by atoms with Crippen LogP contribution < -0.4 is 10.1 Å². The molecule has 1 N–H and O–H groups in total. The van der Waals surface area contributed by atoms with Gasteiger partial charge in [0.2, 0.25) is 11.8 Å². The van der Waals surface area contributed by atoms with Crippen molar-refractivity contribution in [2.24, 2.45) is 23.7 Å². The Kier molecular flexibility index (Phi) is 5.74. The van der Waals surface area contributed by atoms with Crippen LogP contribution in [0.2, 0.25) is 0 Å². The highest BCUT2D eigenvalue weighted by Gasteiger charge is 2.60. The van der Waals surface area contributed by atoms with Crippen LogP contribution in [0.15, 0.2) is 24.3 Å². The number of esters is 1. The van der Waals surface area contributed by atoms with Gasteiger partial charge in [-0.05, 0) is 62.3 Å². The van der Waals surface area contributed by atoms with Crippen molar-refractivity contribution < 1.29 is 28.7 Å². The molecule has 3 amide bonds. The quantitative estimate of drug-likeness (QED) is 0.516. The molecule has 8 nitrogen and oxygen atoms in total. The summed E-state index contributed by atoms with van der Waals surface area (Å²) in [5.41, 5.74) is 0.564. The molecule has 0 aromatic heterocycles. The fourth-order valence-corrected chi connectivity index (χ4v) is 5.11. The van der Waals surface area contributed by atoms with E-state index >= 15 is 0 Å². The molecule has 1 aromatic carbocycles. The van der Waals surface area contributed by atoms with Crippen molar-refractivity contribution in [1.29, 1.82) is 0 Å². The molecule has 0 radical (unpaired) electrons. The van der Waals surface area contributed by atoms with Crippen LogP contribution in [0, 0.1) is 23.7 Å². The minimum atomic E-state index is -0.613. The zero-order valence-electron chi connectivity index (χ0n) is 17.0. The van der Waals surface area contributed by atoms with E-state index in [4.69, 9.17) is 9.47 Å². The SMILES string of the molecule is CCOc1ccc(NC(=O)COC(=O)CCN2C(=O)[C@@H]3[C@H]4CC[C@@H](C4)[C@@H]3C2=O)cc1. The number of anilines is 1. The van der Waals surface area contributed by atoms with Gasteiger partial charge in [-0.3, -0.25) is 24.1 Å². The summed E-state index contributed by atoms with van der Waals surface area (Å²) in [6.45, 7) is 2.03. The molecule has 1 aromatic rings. The summed E-state index contributed by atoms with van der Waals surface area (Å²) in [4.78, 5) is 50.4. The second-order valence-corrected chi connectivity index (χ2v) is 8.13. The Morgan fingerprint density at radius 1 is 1.07 bits per heavy atom. The van der Waals surface area contributed by atoms with Gasteiger partial charge < -0.3 is 14.8 Å². The molecule has 1 heterocycles. The van der Waals surface area contributed by atoms with Crippen LogP contribution in [-0.2, 0) is 23.9 Å². The largest absolute Gasteiger partial charge is 0.494 e. The van der Waals surface area contributed by atoms with E-state index in [2.05, 4.69) is 5.32 Å². The number of carbonyl (C=O) groups is 4. The smallest absolute Gasteiger partial charge is 0.308 e. The topological polar surface area (TPSA) is 102 Å². The molecule has 4 rings (SSSR count). The molecule has 1 aliphatic heterocycles. The van der Waals surface area contributed by atoms with E-state index in [9.17, 15) is 19.2 Å². The number of amides is 3. The van der Waals surface area contributed by atoms with Crippen LogP contribution in [0.25, 0.3) is 0 Å². The van der Waals surface area contributed by atoms with Crippen LogP contribution in [-0.4, -0.2) is 48.3 Å². The summed E-state index contributed by atoms with van der Waals surface area (Å²) in [6.07, 6.45) is 2.91. The number of ether oxygens (including phenoxy) is 2. The van der Waals surface area contributed by atoms with Crippen molar-refractivity contribution in [2.45, 2.75) is 32.6 Å². The number of likely N-dealkylation sites (tertiary alicyclic amines) is 1. The highest BCUT2D eigenvalue weighted by Crippen LogP contribution is 2.56. The molecule has 0 spiro atoms. The predicted octanol–water partition coefficient (Wildman–Crippen LogP) is 1.99. The number of nitrogens with zero attached hydrogens (tertiary/aromatic N) is 1. The van der Waals surface area contributed by atoms with E-state index < -0.39 is 18.5 Å². The van der Waals surface area contributed by atoms with Crippen molar-refractivity contribution in [2.75, 3.05) is 25.1 Å². The number of hydrogen-bond donors (Lipinski definition) is 1. The molecule has 2 bridgehead atoms. The van der Waals surface area contributed by atoms with Crippen molar-refractivity contribution in [3.8, 4) is 5.75 Å². The predicted molar refractivity (Wildman–Crippen MR) is 106 cm³/mol. The van der Waals surface area contributed by atoms with Gasteiger partial charge in [0.05, 0.1) is 24.9 Å². The lowest BCUT2D eigenvalue weighted by atomic mass is 9.81. The van der Waals surface area contributed by atoms with Crippen LogP contribution in [0.4, 0.5) is 5.69 Å². The maximum absolute atomic E-state index is 12.6. The lowest BCUT2D eigenvalue weighted by Crippen LogP contribution is -2.35. The van der Waals surface area contributed by atoms with Gasteiger partial charge >= 0.3 is 5.97 Å². The summed E-state index contributed by atoms with van der Waals surface area (Å²) >= 11 is 0. The first-order valence-electron chi connectivity index (χ1n) is 10.5. The number of carbonyl (C=O) groups excluding carboxylic acids is 4. The fourth-order valence-electron chi connectivity index (χ4n) is 5.11. The van der Waals surface area contributed by atoms with Gasteiger partial charge in [-0.1, -0.05) is 0 Å².